The molecule has 0 aliphatic heterocycles. The van der Waals surface area contributed by atoms with Crippen LogP contribution in [-0.2, 0) is 21.0 Å². The van der Waals surface area contributed by atoms with Crippen LogP contribution in [-0.4, -0.2) is 75.3 Å². The van der Waals surface area contributed by atoms with Gasteiger partial charge in [0.1, 0.15) is 17.2 Å². The van der Waals surface area contributed by atoms with Gasteiger partial charge in [0, 0.05) is 0 Å². The summed E-state index contributed by atoms with van der Waals surface area (Å²) in [5.41, 5.74) is 0. The van der Waals surface area contributed by atoms with Gasteiger partial charge in [-0.2, -0.15) is 74.6 Å². The fourth-order valence-electron chi connectivity index (χ4n) is 3.46. The summed E-state index contributed by atoms with van der Waals surface area (Å²) in [7, 11) is -8.52. The third-order valence-corrected chi connectivity index (χ3v) is 9.34. The number of hydrogen-bond donors (Lipinski definition) is 3. The van der Waals surface area contributed by atoms with Crippen LogP contribution in [0.15, 0.2) is 87.5 Å². The predicted molar refractivity (Wildman–Crippen MR) is 137 cm³/mol. The molecule has 0 heterocycles. The zero-order valence-corrected chi connectivity index (χ0v) is 25.4. The van der Waals surface area contributed by atoms with Crippen molar-refractivity contribution in [3.05, 3.63) is 72.8 Å². The highest BCUT2D eigenvalue weighted by molar-refractivity contribution is 7.97. The normalized spacial score (nSPS) is 14.3. The zero-order chi connectivity index (χ0) is 40.0. The number of alkyl halides is 17. The first-order chi connectivity index (χ1) is 22.6. The minimum atomic E-state index is -8.92. The molecule has 0 bridgehead atoms. The lowest BCUT2D eigenvalue weighted by atomic mass is 9.91. The lowest BCUT2D eigenvalue weighted by Crippen LogP contribution is -2.75. The lowest BCUT2D eigenvalue weighted by molar-refractivity contribution is -0.458. The highest BCUT2D eigenvalue weighted by atomic mass is 32.2. The van der Waals surface area contributed by atoms with Gasteiger partial charge in [0.05, 0.1) is 10.9 Å². The van der Waals surface area contributed by atoms with E-state index in [-0.39, 0.29) is 28.1 Å². The molecule has 0 aliphatic carbocycles. The van der Waals surface area contributed by atoms with Crippen LogP contribution in [0.25, 0.3) is 0 Å². The first-order valence-electron chi connectivity index (χ1n) is 12.4. The maximum absolute atomic E-state index is 13.0. The zero-order valence-electron chi connectivity index (χ0n) is 23.7. The van der Waals surface area contributed by atoms with E-state index >= 15 is 0 Å². The van der Waals surface area contributed by atoms with Gasteiger partial charge < -0.3 is 19.9 Å². The predicted octanol–water partition coefficient (Wildman–Crippen LogP) is 8.40. The summed E-state index contributed by atoms with van der Waals surface area (Å²) in [5, 5.41) is 20.5. The molecule has 6 nitrogen and oxygen atoms in total. The maximum atomic E-state index is 13.0. The molecule has 286 valence electrons. The first-order valence-corrected chi connectivity index (χ1v) is 15.0. The molecule has 0 saturated carbocycles. The van der Waals surface area contributed by atoms with Gasteiger partial charge in [-0.1, -0.05) is 0 Å². The molecule has 0 atom stereocenters. The van der Waals surface area contributed by atoms with E-state index in [4.69, 9.17) is 0 Å². The van der Waals surface area contributed by atoms with Crippen molar-refractivity contribution >= 4 is 21.0 Å². The van der Waals surface area contributed by atoms with Gasteiger partial charge >= 0.3 is 47.0 Å². The SMILES string of the molecule is O=S(=O)([O-])C(F)(F)C(F)(F)C(F)(F)C(F)(F)C(F)(F)C(F)(F)C(F)(F)C(F)(F)F.Oc1ccc([S+](c2ccc(O)cc2)c2ccc(O)cc2)cc1. The molecule has 3 N–H and O–H groups in total. The van der Waals surface area contributed by atoms with E-state index in [0.717, 1.165) is 14.7 Å². The number of phenolic OH excluding ortho intramolecular Hbond substituents is 3. The van der Waals surface area contributed by atoms with E-state index in [2.05, 4.69) is 0 Å². The Morgan fingerprint density at radius 3 is 0.843 bits per heavy atom. The number of aromatic hydroxyl groups is 3. The Morgan fingerprint density at radius 2 is 0.627 bits per heavy atom. The molecule has 25 heteroatoms. The lowest BCUT2D eigenvalue weighted by Gasteiger charge is -2.42. The van der Waals surface area contributed by atoms with Crippen molar-refractivity contribution in [1.29, 1.82) is 0 Å². The van der Waals surface area contributed by atoms with Gasteiger partial charge in [-0.05, 0) is 72.8 Å². The Balaban J connectivity index is 0.000000364. The Hall–Kier alpha value is -3.87. The summed E-state index contributed by atoms with van der Waals surface area (Å²) >= 11 is 0. The number of hydrogen-bond acceptors (Lipinski definition) is 6. The van der Waals surface area contributed by atoms with E-state index in [9.17, 15) is 103 Å². The van der Waals surface area contributed by atoms with Crippen molar-refractivity contribution < 1.29 is 103 Å². The molecule has 0 aromatic heterocycles. The second-order valence-electron chi connectivity index (χ2n) is 9.70. The molecule has 0 unspecified atom stereocenters. The highest BCUT2D eigenvalue weighted by Gasteiger charge is 2.95. The largest absolute Gasteiger partial charge is 0.743 e. The molecular weight excluding hydrogens is 795 g/mol. The Labute approximate surface area is 275 Å². The summed E-state index contributed by atoms with van der Waals surface area (Å²) in [6.45, 7) is 0. The molecule has 51 heavy (non-hydrogen) atoms. The van der Waals surface area contributed by atoms with Gasteiger partial charge in [0.25, 0.3) is 0 Å². The van der Waals surface area contributed by atoms with Crippen LogP contribution in [0.3, 0.4) is 0 Å². The average Bonchev–Trinajstić information content (AvgIpc) is 2.98. The summed E-state index contributed by atoms with van der Waals surface area (Å²) in [5.74, 6) is -51.5. The van der Waals surface area contributed by atoms with Gasteiger partial charge in [-0.25, -0.2) is 8.42 Å². The molecular formula is C26H15F17O6S2. The van der Waals surface area contributed by atoms with Crippen LogP contribution >= 0.6 is 0 Å². The first kappa shape index (κ1) is 43.3. The summed E-state index contributed by atoms with van der Waals surface area (Å²) in [6, 6.07) is 21.3. The minimum Gasteiger partial charge on any atom is -0.743 e. The number of phenols is 3. The molecule has 0 saturated heterocycles. The minimum absolute atomic E-state index is 0.226. The third kappa shape index (κ3) is 7.41. The molecule has 0 spiro atoms. The van der Waals surface area contributed by atoms with Gasteiger partial charge in [0.15, 0.2) is 24.8 Å². The van der Waals surface area contributed by atoms with Gasteiger partial charge in [0.2, 0.25) is 0 Å². The van der Waals surface area contributed by atoms with E-state index in [0.29, 0.717) is 0 Å². The van der Waals surface area contributed by atoms with Gasteiger partial charge in [-0.3, -0.25) is 0 Å². The topological polar surface area (TPSA) is 118 Å². The second kappa shape index (κ2) is 13.6. The Morgan fingerprint density at radius 1 is 0.412 bits per heavy atom. The molecule has 0 fully saturated rings. The smallest absolute Gasteiger partial charge is 0.460 e. The summed E-state index contributed by atoms with van der Waals surface area (Å²) in [4.78, 5) is 3.15. The van der Waals surface area contributed by atoms with Crippen LogP contribution in [0.1, 0.15) is 0 Å². The molecule has 3 aromatic carbocycles. The van der Waals surface area contributed by atoms with Crippen molar-refractivity contribution in [3.8, 4) is 17.2 Å². The van der Waals surface area contributed by atoms with E-state index in [1.165, 1.54) is 0 Å². The molecule has 3 aromatic rings. The van der Waals surface area contributed by atoms with Crippen molar-refractivity contribution in [1.82, 2.24) is 0 Å². The fourth-order valence-corrected chi connectivity index (χ4v) is 5.94. The molecule has 0 radical (unpaired) electrons. The van der Waals surface area contributed by atoms with Crippen LogP contribution in [0, 0.1) is 0 Å². The van der Waals surface area contributed by atoms with E-state index in [1.807, 2.05) is 36.4 Å². The Bertz CT molecular complexity index is 1660. The number of halogens is 17. The average molecular weight is 810 g/mol. The van der Waals surface area contributed by atoms with Crippen LogP contribution in [0.2, 0.25) is 0 Å². The summed E-state index contributed by atoms with van der Waals surface area (Å²) in [6.07, 6.45) is -7.89. The fraction of sp³-hybridized carbons (Fsp3) is 0.308. The Kier molecular flexibility index (Phi) is 11.5. The quantitative estimate of drug-likeness (QED) is 0.108. The van der Waals surface area contributed by atoms with E-state index in [1.54, 1.807) is 36.4 Å². The maximum Gasteiger partial charge on any atom is 0.460 e. The summed E-state index contributed by atoms with van der Waals surface area (Å²) < 4.78 is 244. The van der Waals surface area contributed by atoms with Crippen LogP contribution in [0.4, 0.5) is 74.6 Å². The second-order valence-corrected chi connectivity index (χ2v) is 13.2. The third-order valence-electron chi connectivity index (χ3n) is 6.22. The molecule has 0 amide bonds. The number of rotatable bonds is 10. The van der Waals surface area contributed by atoms with E-state index < -0.39 is 57.1 Å². The highest BCUT2D eigenvalue weighted by Crippen LogP contribution is 2.64. The molecule has 3 rings (SSSR count). The van der Waals surface area contributed by atoms with Crippen molar-refractivity contribution in [2.45, 2.75) is 61.7 Å². The standard InChI is InChI=1S/C18H14O3S.C8HF17O3S/c19-13-1-7-16(8-2-13)22(17-9-3-14(20)4-10-17)18-11-5-15(21)6-12-18;9-1(10,3(13,14)5(17,18)7(21,22)23)2(11,12)4(15,16)6(19,20)8(24,25)29(26,27)28/h1-12H,(H2-,19,20,21);(H,26,27,28). The monoisotopic (exact) mass is 810 g/mol. The van der Waals surface area contributed by atoms with Crippen molar-refractivity contribution in [3.63, 3.8) is 0 Å². The van der Waals surface area contributed by atoms with Crippen molar-refractivity contribution in [2.24, 2.45) is 0 Å². The number of benzene rings is 3. The van der Waals surface area contributed by atoms with Gasteiger partial charge in [-0.15, -0.1) is 0 Å². The van der Waals surface area contributed by atoms with Crippen LogP contribution < -0.4 is 0 Å². The molecule has 0 aliphatic rings. The van der Waals surface area contributed by atoms with Crippen molar-refractivity contribution in [2.75, 3.05) is 0 Å². The van der Waals surface area contributed by atoms with Crippen LogP contribution in [0.5, 0.6) is 17.2 Å².